The first kappa shape index (κ1) is 15.7. The summed E-state index contributed by atoms with van der Waals surface area (Å²) in [6.07, 6.45) is -0.374. The number of aliphatic hydroxyl groups excluding tert-OH is 1. The van der Waals surface area contributed by atoms with Gasteiger partial charge in [0.25, 0.3) is 11.8 Å². The van der Waals surface area contributed by atoms with Gasteiger partial charge in [-0.3, -0.25) is 4.79 Å². The summed E-state index contributed by atoms with van der Waals surface area (Å²) < 4.78 is 27.0. The SMILES string of the molecule is CCC(F)(F)c1cccc(NC(=O)C(N=O)=C(C)O)c1. The van der Waals surface area contributed by atoms with Gasteiger partial charge in [-0.2, -0.15) is 0 Å². The summed E-state index contributed by atoms with van der Waals surface area (Å²) in [5, 5.41) is 13.7. The van der Waals surface area contributed by atoms with E-state index >= 15 is 0 Å². The van der Waals surface area contributed by atoms with E-state index in [-0.39, 0.29) is 17.7 Å². The van der Waals surface area contributed by atoms with E-state index in [4.69, 9.17) is 5.11 Å². The van der Waals surface area contributed by atoms with Gasteiger partial charge in [-0.15, -0.1) is 4.91 Å². The lowest BCUT2D eigenvalue weighted by Crippen LogP contribution is -2.16. The number of nitrogens with zero attached hydrogens (tertiary/aromatic N) is 1. The number of hydrogen-bond acceptors (Lipinski definition) is 4. The number of hydrogen-bond donors (Lipinski definition) is 2. The highest BCUT2D eigenvalue weighted by Gasteiger charge is 2.29. The largest absolute Gasteiger partial charge is 0.510 e. The lowest BCUT2D eigenvalue weighted by molar-refractivity contribution is -0.113. The Labute approximate surface area is 114 Å². The summed E-state index contributed by atoms with van der Waals surface area (Å²) in [5.41, 5.74) is -0.858. The lowest BCUT2D eigenvalue weighted by Gasteiger charge is -2.15. The molecule has 1 amide bonds. The van der Waals surface area contributed by atoms with Crippen molar-refractivity contribution in [3.63, 3.8) is 0 Å². The van der Waals surface area contributed by atoms with Gasteiger partial charge in [0.1, 0.15) is 5.76 Å². The number of nitrogens with one attached hydrogen (secondary N) is 1. The maximum absolute atomic E-state index is 13.5. The molecule has 0 unspecified atom stereocenters. The van der Waals surface area contributed by atoms with E-state index in [9.17, 15) is 18.5 Å². The molecule has 0 heterocycles. The predicted octanol–water partition coefficient (Wildman–Crippen LogP) is 3.68. The zero-order valence-electron chi connectivity index (χ0n) is 11.0. The minimum absolute atomic E-state index is 0.0861. The van der Waals surface area contributed by atoms with E-state index in [1.807, 2.05) is 0 Å². The molecule has 7 heteroatoms. The summed E-state index contributed by atoms with van der Waals surface area (Å²) in [6.45, 7) is 2.47. The fourth-order valence-electron chi connectivity index (χ4n) is 1.49. The van der Waals surface area contributed by atoms with Crippen molar-refractivity contribution in [2.24, 2.45) is 5.18 Å². The summed E-state index contributed by atoms with van der Waals surface area (Å²) >= 11 is 0. The van der Waals surface area contributed by atoms with E-state index in [0.717, 1.165) is 13.0 Å². The Bertz CT molecular complexity index is 552. The Hall–Kier alpha value is -2.31. The van der Waals surface area contributed by atoms with Gasteiger partial charge < -0.3 is 10.4 Å². The van der Waals surface area contributed by atoms with E-state index in [2.05, 4.69) is 10.5 Å². The smallest absolute Gasteiger partial charge is 0.281 e. The predicted molar refractivity (Wildman–Crippen MR) is 70.4 cm³/mol. The molecule has 0 bridgehead atoms. The fraction of sp³-hybridized carbons (Fsp3) is 0.308. The summed E-state index contributed by atoms with van der Waals surface area (Å²) in [7, 11) is 0. The van der Waals surface area contributed by atoms with Crippen molar-refractivity contribution in [1.82, 2.24) is 0 Å². The number of benzene rings is 1. The minimum Gasteiger partial charge on any atom is -0.510 e. The molecule has 0 atom stereocenters. The second-order valence-electron chi connectivity index (χ2n) is 4.12. The van der Waals surface area contributed by atoms with Gasteiger partial charge in [-0.1, -0.05) is 19.1 Å². The monoisotopic (exact) mass is 284 g/mol. The van der Waals surface area contributed by atoms with Crippen molar-refractivity contribution in [1.29, 1.82) is 0 Å². The van der Waals surface area contributed by atoms with Crippen LogP contribution in [0.2, 0.25) is 0 Å². The van der Waals surface area contributed by atoms with Gasteiger partial charge in [0.15, 0.2) is 0 Å². The second kappa shape index (κ2) is 6.23. The zero-order chi connectivity index (χ0) is 15.3. The highest BCUT2D eigenvalue weighted by molar-refractivity contribution is 6.03. The molecule has 1 rings (SSSR count). The highest BCUT2D eigenvalue weighted by atomic mass is 19.3. The van der Waals surface area contributed by atoms with E-state index in [1.54, 1.807) is 0 Å². The first-order chi connectivity index (χ1) is 9.31. The Morgan fingerprint density at radius 3 is 2.60 bits per heavy atom. The molecular formula is C13H14F2N2O3. The molecule has 0 aromatic heterocycles. The maximum Gasteiger partial charge on any atom is 0.281 e. The molecule has 0 fully saturated rings. The van der Waals surface area contributed by atoms with Crippen molar-refractivity contribution in [2.75, 3.05) is 5.32 Å². The van der Waals surface area contributed by atoms with Crippen molar-refractivity contribution in [3.8, 4) is 0 Å². The molecule has 0 aliphatic heterocycles. The van der Waals surface area contributed by atoms with Crippen molar-refractivity contribution in [3.05, 3.63) is 46.2 Å². The first-order valence-corrected chi connectivity index (χ1v) is 5.84. The molecule has 1 aromatic carbocycles. The molecule has 20 heavy (non-hydrogen) atoms. The number of carbonyl (C=O) groups is 1. The number of anilines is 1. The Kier molecular flexibility index (Phi) is 4.90. The summed E-state index contributed by atoms with van der Waals surface area (Å²) in [5.74, 6) is -4.51. The average molecular weight is 284 g/mol. The molecule has 5 nitrogen and oxygen atoms in total. The molecule has 108 valence electrons. The van der Waals surface area contributed by atoms with Crippen LogP contribution in [0, 0.1) is 4.91 Å². The van der Waals surface area contributed by atoms with Crippen LogP contribution in [-0.2, 0) is 10.7 Å². The number of alkyl halides is 2. The summed E-state index contributed by atoms with van der Waals surface area (Å²) in [4.78, 5) is 22.0. The molecule has 2 N–H and O–H groups in total. The summed E-state index contributed by atoms with van der Waals surface area (Å²) in [6, 6.07) is 5.10. The van der Waals surface area contributed by atoms with Crippen LogP contribution < -0.4 is 5.32 Å². The second-order valence-corrected chi connectivity index (χ2v) is 4.12. The third-order valence-corrected chi connectivity index (χ3v) is 2.64. The topological polar surface area (TPSA) is 78.8 Å². The number of amides is 1. The zero-order valence-corrected chi connectivity index (χ0v) is 11.0. The molecule has 0 aliphatic carbocycles. The molecule has 0 saturated heterocycles. The Balaban J connectivity index is 3.01. The molecule has 0 radical (unpaired) electrons. The van der Waals surface area contributed by atoms with Crippen LogP contribution in [-0.4, -0.2) is 11.0 Å². The van der Waals surface area contributed by atoms with Crippen molar-refractivity contribution in [2.45, 2.75) is 26.2 Å². The van der Waals surface area contributed by atoms with Crippen molar-refractivity contribution >= 4 is 11.6 Å². The number of aliphatic hydroxyl groups is 1. The van der Waals surface area contributed by atoms with Crippen LogP contribution in [0.25, 0.3) is 0 Å². The first-order valence-electron chi connectivity index (χ1n) is 5.84. The Morgan fingerprint density at radius 1 is 1.45 bits per heavy atom. The van der Waals surface area contributed by atoms with Gasteiger partial charge in [-0.25, -0.2) is 8.78 Å². The van der Waals surface area contributed by atoms with Gasteiger partial charge >= 0.3 is 0 Å². The lowest BCUT2D eigenvalue weighted by atomic mass is 10.1. The highest BCUT2D eigenvalue weighted by Crippen LogP contribution is 2.32. The molecule has 0 saturated carbocycles. The number of allylic oxidation sites excluding steroid dienone is 1. The molecule has 0 aliphatic rings. The number of nitroso groups, excluding NO2 is 1. The third-order valence-electron chi connectivity index (χ3n) is 2.64. The quantitative estimate of drug-likeness (QED) is 0.491. The van der Waals surface area contributed by atoms with Crippen LogP contribution >= 0.6 is 0 Å². The minimum atomic E-state index is -3.00. The van der Waals surface area contributed by atoms with Crippen LogP contribution in [0.4, 0.5) is 14.5 Å². The van der Waals surface area contributed by atoms with Gasteiger partial charge in [0.05, 0.1) is 0 Å². The van der Waals surface area contributed by atoms with Crippen LogP contribution in [0.5, 0.6) is 0 Å². The fourth-order valence-corrected chi connectivity index (χ4v) is 1.49. The van der Waals surface area contributed by atoms with E-state index in [1.165, 1.54) is 25.1 Å². The van der Waals surface area contributed by atoms with Crippen molar-refractivity contribution < 1.29 is 18.7 Å². The van der Waals surface area contributed by atoms with Crippen LogP contribution in [0.3, 0.4) is 0 Å². The van der Waals surface area contributed by atoms with E-state index < -0.39 is 23.3 Å². The number of rotatable bonds is 5. The molecule has 0 spiro atoms. The molecular weight excluding hydrogens is 270 g/mol. The van der Waals surface area contributed by atoms with Crippen LogP contribution in [0.1, 0.15) is 25.8 Å². The average Bonchev–Trinajstić information content (AvgIpc) is 2.39. The third kappa shape index (κ3) is 3.59. The number of halogens is 2. The Morgan fingerprint density at radius 2 is 2.10 bits per heavy atom. The maximum atomic E-state index is 13.5. The molecule has 1 aromatic rings. The standard InChI is InChI=1S/C13H14F2N2O3/c1-3-13(14,15)9-5-4-6-10(7-9)16-12(19)11(17-20)8(2)18/h4-7,18H,3H2,1-2H3,(H,16,19). The number of carbonyl (C=O) groups excluding carboxylic acids is 1. The van der Waals surface area contributed by atoms with Crippen LogP contribution in [0.15, 0.2) is 40.9 Å². The normalized spacial score (nSPS) is 12.6. The van der Waals surface area contributed by atoms with Gasteiger partial charge in [-0.05, 0) is 24.2 Å². The van der Waals surface area contributed by atoms with E-state index in [0.29, 0.717) is 0 Å². The van der Waals surface area contributed by atoms with Gasteiger partial charge in [0.2, 0.25) is 5.70 Å². The van der Waals surface area contributed by atoms with Gasteiger partial charge in [0, 0.05) is 17.7 Å².